The third-order valence-electron chi connectivity index (χ3n) is 4.74. The van der Waals surface area contributed by atoms with E-state index in [-0.39, 0.29) is 5.75 Å². The van der Waals surface area contributed by atoms with Gasteiger partial charge < -0.3 is 15.3 Å². The van der Waals surface area contributed by atoms with Crippen molar-refractivity contribution in [2.24, 2.45) is 0 Å². The second kappa shape index (κ2) is 6.00. The van der Waals surface area contributed by atoms with Crippen molar-refractivity contribution in [2.75, 3.05) is 25.5 Å². The van der Waals surface area contributed by atoms with Gasteiger partial charge in [-0.3, -0.25) is 4.40 Å². The molecule has 7 heteroatoms. The highest BCUT2D eigenvalue weighted by atomic mass is 16.3. The average Bonchev–Trinajstić information content (AvgIpc) is 3.17. The lowest BCUT2D eigenvalue weighted by Crippen LogP contribution is -2.24. The number of aromatic nitrogens is 4. The van der Waals surface area contributed by atoms with Gasteiger partial charge >= 0.3 is 0 Å². The van der Waals surface area contributed by atoms with E-state index in [2.05, 4.69) is 32.4 Å². The lowest BCUT2D eigenvalue weighted by atomic mass is 10.0. The van der Waals surface area contributed by atoms with Crippen LogP contribution in [-0.4, -0.2) is 55.8 Å². The quantitative estimate of drug-likeness (QED) is 0.762. The van der Waals surface area contributed by atoms with Crippen LogP contribution in [0.2, 0.25) is 0 Å². The normalized spacial score (nSPS) is 18.1. The monoisotopic (exact) mass is 338 g/mol. The summed E-state index contributed by atoms with van der Waals surface area (Å²) < 4.78 is 1.88. The molecule has 0 aliphatic carbocycles. The Balaban J connectivity index is 1.78. The second-order valence-corrected chi connectivity index (χ2v) is 6.86. The standard InChI is InChI=1S/C18H22N6O/c1-11-8-12(2)15(14(25)9-11)17-22-21-16(18-19-5-7-24(17)18)20-13-4-6-23(3)10-13/h5,7-9,13,25H,4,6,10H2,1-3H3,(H,20,21). The second-order valence-electron chi connectivity index (χ2n) is 6.86. The van der Waals surface area contributed by atoms with Crippen molar-refractivity contribution < 1.29 is 5.11 Å². The zero-order valence-electron chi connectivity index (χ0n) is 14.7. The lowest BCUT2D eigenvalue weighted by molar-refractivity contribution is 0.414. The molecule has 1 aliphatic rings. The maximum absolute atomic E-state index is 10.4. The van der Waals surface area contributed by atoms with E-state index in [1.807, 2.05) is 30.5 Å². The summed E-state index contributed by atoms with van der Waals surface area (Å²) in [5, 5.41) is 22.7. The number of aromatic hydroxyl groups is 1. The number of phenolic OH excluding ortho intramolecular Hbond substituents is 1. The molecule has 1 atom stereocenters. The fraction of sp³-hybridized carbons (Fsp3) is 0.389. The molecule has 7 nitrogen and oxygen atoms in total. The number of nitrogens with zero attached hydrogens (tertiary/aromatic N) is 5. The van der Waals surface area contributed by atoms with Crippen LogP contribution in [0.3, 0.4) is 0 Å². The molecule has 0 amide bonds. The highest BCUT2D eigenvalue weighted by Crippen LogP contribution is 2.33. The molecule has 2 aromatic heterocycles. The SMILES string of the molecule is Cc1cc(C)c(-c2nnc(NC3CCN(C)C3)c3nccn23)c(O)c1. The minimum absolute atomic E-state index is 0.208. The predicted molar refractivity (Wildman–Crippen MR) is 96.9 cm³/mol. The van der Waals surface area contributed by atoms with Crippen LogP contribution in [0.1, 0.15) is 17.5 Å². The first-order valence-corrected chi connectivity index (χ1v) is 8.48. The van der Waals surface area contributed by atoms with Gasteiger partial charge in [0.1, 0.15) is 5.75 Å². The van der Waals surface area contributed by atoms with Crippen LogP contribution in [0, 0.1) is 13.8 Å². The van der Waals surface area contributed by atoms with Gasteiger partial charge in [-0.05, 0) is 51.1 Å². The van der Waals surface area contributed by atoms with Crippen molar-refractivity contribution in [3.8, 4) is 17.1 Å². The molecule has 4 rings (SSSR count). The summed E-state index contributed by atoms with van der Waals surface area (Å²) in [4.78, 5) is 6.73. The predicted octanol–water partition coefficient (Wildman–Crippen LogP) is 2.23. The Kier molecular flexibility index (Phi) is 3.80. The van der Waals surface area contributed by atoms with Gasteiger partial charge in [-0.2, -0.15) is 0 Å². The largest absolute Gasteiger partial charge is 0.507 e. The average molecular weight is 338 g/mol. The van der Waals surface area contributed by atoms with Crippen LogP contribution in [0.4, 0.5) is 5.82 Å². The van der Waals surface area contributed by atoms with Gasteiger partial charge in [0.2, 0.25) is 0 Å². The summed E-state index contributed by atoms with van der Waals surface area (Å²) in [5.41, 5.74) is 3.38. The number of likely N-dealkylation sites (tertiary alicyclic amines) is 1. The molecule has 0 saturated carbocycles. The van der Waals surface area contributed by atoms with Crippen molar-refractivity contribution in [1.82, 2.24) is 24.5 Å². The number of likely N-dealkylation sites (N-methyl/N-ethyl adjacent to an activating group) is 1. The topological polar surface area (TPSA) is 78.6 Å². The molecular weight excluding hydrogens is 316 g/mol. The number of nitrogens with one attached hydrogen (secondary N) is 1. The fourth-order valence-corrected chi connectivity index (χ4v) is 3.59. The summed E-state index contributed by atoms with van der Waals surface area (Å²) in [5.74, 6) is 1.48. The molecule has 1 fully saturated rings. The highest BCUT2D eigenvalue weighted by molar-refractivity contribution is 5.73. The maximum Gasteiger partial charge on any atom is 0.192 e. The van der Waals surface area contributed by atoms with E-state index >= 15 is 0 Å². The van der Waals surface area contributed by atoms with Crippen LogP contribution >= 0.6 is 0 Å². The Morgan fingerprint density at radius 1 is 1.24 bits per heavy atom. The van der Waals surface area contributed by atoms with Crippen molar-refractivity contribution in [3.05, 3.63) is 35.7 Å². The first-order chi connectivity index (χ1) is 12.0. The fourth-order valence-electron chi connectivity index (χ4n) is 3.59. The number of rotatable bonds is 3. The van der Waals surface area contributed by atoms with E-state index in [9.17, 15) is 5.11 Å². The number of benzene rings is 1. The minimum Gasteiger partial charge on any atom is -0.507 e. The number of imidazole rings is 1. The van der Waals surface area contributed by atoms with Gasteiger partial charge in [-0.15, -0.1) is 10.2 Å². The van der Waals surface area contributed by atoms with Crippen molar-refractivity contribution >= 4 is 11.5 Å². The van der Waals surface area contributed by atoms with Crippen LogP contribution in [0.5, 0.6) is 5.75 Å². The molecule has 3 heterocycles. The molecule has 130 valence electrons. The molecular formula is C18H22N6O. The van der Waals surface area contributed by atoms with Crippen LogP contribution < -0.4 is 5.32 Å². The van der Waals surface area contributed by atoms with E-state index in [1.54, 1.807) is 12.3 Å². The smallest absolute Gasteiger partial charge is 0.192 e. The van der Waals surface area contributed by atoms with Gasteiger partial charge in [0.05, 0.1) is 5.56 Å². The molecule has 0 spiro atoms. The number of phenols is 1. The van der Waals surface area contributed by atoms with Gasteiger partial charge in [-0.25, -0.2) is 4.98 Å². The van der Waals surface area contributed by atoms with Gasteiger partial charge in [0.25, 0.3) is 0 Å². The summed E-state index contributed by atoms with van der Waals surface area (Å²) in [6, 6.07) is 4.12. The van der Waals surface area contributed by atoms with Crippen LogP contribution in [0.25, 0.3) is 17.0 Å². The molecule has 2 N–H and O–H groups in total. The molecule has 3 aromatic rings. The first-order valence-electron chi connectivity index (χ1n) is 8.48. The molecule has 1 aliphatic heterocycles. The van der Waals surface area contributed by atoms with Gasteiger partial charge in [0, 0.05) is 25.0 Å². The van der Waals surface area contributed by atoms with Crippen molar-refractivity contribution in [3.63, 3.8) is 0 Å². The zero-order valence-corrected chi connectivity index (χ0v) is 14.7. The Bertz CT molecular complexity index is 911. The van der Waals surface area contributed by atoms with Gasteiger partial charge in [-0.1, -0.05) is 6.07 Å². The number of aryl methyl sites for hydroxylation is 2. The molecule has 0 bridgehead atoms. The molecule has 25 heavy (non-hydrogen) atoms. The van der Waals surface area contributed by atoms with E-state index in [4.69, 9.17) is 0 Å². The van der Waals surface area contributed by atoms with E-state index in [1.165, 1.54) is 0 Å². The van der Waals surface area contributed by atoms with E-state index in [0.717, 1.165) is 36.3 Å². The first kappa shape index (κ1) is 15.8. The molecule has 1 unspecified atom stereocenters. The Morgan fingerprint density at radius 2 is 2.08 bits per heavy atom. The molecule has 0 radical (unpaired) electrons. The van der Waals surface area contributed by atoms with Crippen molar-refractivity contribution in [2.45, 2.75) is 26.3 Å². The number of hydrogen-bond acceptors (Lipinski definition) is 6. The number of anilines is 1. The summed E-state index contributed by atoms with van der Waals surface area (Å²) in [7, 11) is 2.12. The Morgan fingerprint density at radius 3 is 2.80 bits per heavy atom. The van der Waals surface area contributed by atoms with Crippen molar-refractivity contribution in [1.29, 1.82) is 0 Å². The third-order valence-corrected chi connectivity index (χ3v) is 4.74. The van der Waals surface area contributed by atoms with E-state index in [0.29, 0.717) is 23.2 Å². The summed E-state index contributed by atoms with van der Waals surface area (Å²) in [6.07, 6.45) is 4.66. The zero-order chi connectivity index (χ0) is 17.6. The number of hydrogen-bond donors (Lipinski definition) is 2. The maximum atomic E-state index is 10.4. The summed E-state index contributed by atoms with van der Waals surface area (Å²) >= 11 is 0. The Hall–Kier alpha value is -2.67. The van der Waals surface area contributed by atoms with Crippen LogP contribution in [-0.2, 0) is 0 Å². The summed E-state index contributed by atoms with van der Waals surface area (Å²) in [6.45, 7) is 5.98. The number of fused-ring (bicyclic) bond motifs is 1. The van der Waals surface area contributed by atoms with Crippen LogP contribution in [0.15, 0.2) is 24.5 Å². The van der Waals surface area contributed by atoms with Gasteiger partial charge in [0.15, 0.2) is 17.3 Å². The Labute approximate surface area is 146 Å². The molecule has 1 aromatic carbocycles. The highest BCUT2D eigenvalue weighted by Gasteiger charge is 2.22. The third kappa shape index (κ3) is 2.80. The minimum atomic E-state index is 0.208. The lowest BCUT2D eigenvalue weighted by Gasteiger charge is -2.15. The molecule has 1 saturated heterocycles. The van der Waals surface area contributed by atoms with E-state index < -0.39 is 0 Å².